The lowest BCUT2D eigenvalue weighted by atomic mass is 9.88. The van der Waals surface area contributed by atoms with E-state index < -0.39 is 5.54 Å². The monoisotopic (exact) mass is 326 g/mol. The quantitative estimate of drug-likeness (QED) is 0.917. The van der Waals surface area contributed by atoms with Gasteiger partial charge in [0.2, 0.25) is 5.76 Å². The summed E-state index contributed by atoms with van der Waals surface area (Å²) in [6, 6.07) is 10.0. The molecule has 2 heterocycles. The highest BCUT2D eigenvalue weighted by molar-refractivity contribution is 5.93. The van der Waals surface area contributed by atoms with E-state index in [2.05, 4.69) is 4.98 Å². The van der Waals surface area contributed by atoms with Crippen molar-refractivity contribution in [1.29, 1.82) is 0 Å². The van der Waals surface area contributed by atoms with Gasteiger partial charge in [-0.3, -0.25) is 4.79 Å². The molecule has 1 atom stereocenters. The second-order valence-corrected chi connectivity index (χ2v) is 6.95. The Morgan fingerprint density at radius 2 is 2.12 bits per heavy atom. The molecule has 24 heavy (non-hydrogen) atoms. The molecule has 4 rings (SSSR count). The number of aliphatic hydroxyl groups excluding tert-OH is 1. The predicted molar refractivity (Wildman–Crippen MR) is 88.7 cm³/mol. The summed E-state index contributed by atoms with van der Waals surface area (Å²) in [5.41, 5.74) is 1.37. The third-order valence-corrected chi connectivity index (χ3v) is 5.27. The van der Waals surface area contributed by atoms with Crippen LogP contribution in [0.3, 0.4) is 0 Å². The van der Waals surface area contributed by atoms with E-state index in [9.17, 15) is 9.90 Å². The lowest BCUT2D eigenvalue weighted by molar-refractivity contribution is 0.0383. The van der Waals surface area contributed by atoms with Crippen molar-refractivity contribution in [2.24, 2.45) is 0 Å². The number of amides is 1. The molecule has 2 aliphatic rings. The topological polar surface area (TPSA) is 66.6 Å². The number of benzene rings is 1. The number of hydrogen-bond donors (Lipinski definition) is 1. The molecule has 0 spiro atoms. The number of aliphatic hydroxyl groups is 1. The van der Waals surface area contributed by atoms with E-state index in [1.165, 1.54) is 6.39 Å². The number of rotatable bonds is 5. The first-order valence-corrected chi connectivity index (χ1v) is 8.64. The van der Waals surface area contributed by atoms with Crippen molar-refractivity contribution in [3.05, 3.63) is 53.7 Å². The first-order valence-electron chi connectivity index (χ1n) is 8.64. The summed E-state index contributed by atoms with van der Waals surface area (Å²) in [5, 5.41) is 10.1. The first-order chi connectivity index (χ1) is 11.7. The fraction of sp³-hybridized carbons (Fsp3) is 0.474. The molecule has 1 unspecified atom stereocenters. The standard InChI is InChI=1S/C19H22N2O3/c22-12-19(11-14-5-2-1-3-6-14)9-4-10-21(19)18(23)17-16(15-7-8-15)20-13-24-17/h1-3,5-6,13,15,22H,4,7-12H2. The molecule has 126 valence electrons. The van der Waals surface area contributed by atoms with E-state index in [0.29, 0.717) is 24.6 Å². The number of carbonyl (C=O) groups is 1. The number of carbonyl (C=O) groups excluding carboxylic acids is 1. The van der Waals surface area contributed by atoms with Gasteiger partial charge in [-0.15, -0.1) is 0 Å². The van der Waals surface area contributed by atoms with Crippen molar-refractivity contribution < 1.29 is 14.3 Å². The SMILES string of the molecule is O=C(c1ocnc1C1CC1)N1CCCC1(CO)Cc1ccccc1. The van der Waals surface area contributed by atoms with Gasteiger partial charge in [-0.25, -0.2) is 4.98 Å². The van der Waals surface area contributed by atoms with Crippen LogP contribution < -0.4 is 0 Å². The van der Waals surface area contributed by atoms with Crippen molar-refractivity contribution in [3.8, 4) is 0 Å². The van der Waals surface area contributed by atoms with Crippen molar-refractivity contribution >= 4 is 5.91 Å². The molecular weight excluding hydrogens is 304 g/mol. The molecule has 1 saturated carbocycles. The number of nitrogens with zero attached hydrogens (tertiary/aromatic N) is 2. The second-order valence-electron chi connectivity index (χ2n) is 6.95. The summed E-state index contributed by atoms with van der Waals surface area (Å²) in [7, 11) is 0. The number of aromatic nitrogens is 1. The third kappa shape index (κ3) is 2.63. The molecule has 1 amide bonds. The number of oxazole rings is 1. The van der Waals surface area contributed by atoms with Crippen LogP contribution in [0.15, 0.2) is 41.1 Å². The molecule has 5 nitrogen and oxygen atoms in total. The maximum absolute atomic E-state index is 13.1. The van der Waals surface area contributed by atoms with E-state index in [4.69, 9.17) is 4.42 Å². The largest absolute Gasteiger partial charge is 0.438 e. The maximum Gasteiger partial charge on any atom is 0.292 e. The van der Waals surface area contributed by atoms with Crippen LogP contribution in [0, 0.1) is 0 Å². The molecule has 1 saturated heterocycles. The van der Waals surface area contributed by atoms with Crippen LogP contribution in [-0.4, -0.2) is 39.6 Å². The van der Waals surface area contributed by atoms with Gasteiger partial charge in [0.25, 0.3) is 5.91 Å². The van der Waals surface area contributed by atoms with Gasteiger partial charge in [0, 0.05) is 12.5 Å². The van der Waals surface area contributed by atoms with Gasteiger partial charge in [-0.2, -0.15) is 0 Å². The highest BCUT2D eigenvalue weighted by Gasteiger charge is 2.45. The van der Waals surface area contributed by atoms with Gasteiger partial charge < -0.3 is 14.4 Å². The minimum Gasteiger partial charge on any atom is -0.438 e. The van der Waals surface area contributed by atoms with E-state index in [-0.39, 0.29) is 12.5 Å². The van der Waals surface area contributed by atoms with E-state index >= 15 is 0 Å². The normalized spacial score (nSPS) is 23.6. The summed E-state index contributed by atoms with van der Waals surface area (Å²) in [6.07, 6.45) is 5.87. The van der Waals surface area contributed by atoms with Crippen LogP contribution >= 0.6 is 0 Å². The zero-order chi connectivity index (χ0) is 16.6. The van der Waals surface area contributed by atoms with Gasteiger partial charge in [0.05, 0.1) is 17.8 Å². The van der Waals surface area contributed by atoms with Gasteiger partial charge in [-0.1, -0.05) is 30.3 Å². The molecule has 2 aromatic rings. The molecule has 1 aliphatic heterocycles. The fourth-order valence-corrected chi connectivity index (χ4v) is 3.82. The molecule has 2 fully saturated rings. The number of hydrogen-bond acceptors (Lipinski definition) is 4. The van der Waals surface area contributed by atoms with E-state index in [0.717, 1.165) is 36.9 Å². The van der Waals surface area contributed by atoms with Gasteiger partial charge in [-0.05, 0) is 37.7 Å². The molecule has 1 N–H and O–H groups in total. The van der Waals surface area contributed by atoms with E-state index in [1.54, 1.807) is 0 Å². The average molecular weight is 326 g/mol. The summed E-state index contributed by atoms with van der Waals surface area (Å²) >= 11 is 0. The zero-order valence-electron chi connectivity index (χ0n) is 13.6. The van der Waals surface area contributed by atoms with Crippen molar-refractivity contribution in [2.45, 2.75) is 43.6 Å². The molecule has 1 aromatic carbocycles. The minimum atomic E-state index is -0.550. The molecule has 1 aromatic heterocycles. The van der Waals surface area contributed by atoms with Crippen LogP contribution in [0.2, 0.25) is 0 Å². The number of likely N-dealkylation sites (tertiary alicyclic amines) is 1. The van der Waals surface area contributed by atoms with Crippen LogP contribution in [0.5, 0.6) is 0 Å². The minimum absolute atomic E-state index is 0.0411. The summed E-state index contributed by atoms with van der Waals surface area (Å²) in [6.45, 7) is 0.609. The molecule has 0 bridgehead atoms. The van der Waals surface area contributed by atoms with E-state index in [1.807, 2.05) is 35.2 Å². The molecule has 1 aliphatic carbocycles. The Morgan fingerprint density at radius 1 is 1.33 bits per heavy atom. The third-order valence-electron chi connectivity index (χ3n) is 5.27. The molecular formula is C19H22N2O3. The summed E-state index contributed by atoms with van der Waals surface area (Å²) < 4.78 is 5.44. The Labute approximate surface area is 141 Å². The smallest absolute Gasteiger partial charge is 0.292 e. The maximum atomic E-state index is 13.1. The zero-order valence-corrected chi connectivity index (χ0v) is 13.6. The Kier molecular flexibility index (Phi) is 3.88. The Bertz CT molecular complexity index is 723. The fourth-order valence-electron chi connectivity index (χ4n) is 3.82. The van der Waals surface area contributed by atoms with Crippen LogP contribution in [0.1, 0.15) is 53.4 Å². The molecule has 5 heteroatoms. The second kappa shape index (κ2) is 6.06. The average Bonchev–Trinajstić information content (AvgIpc) is 3.19. The highest BCUT2D eigenvalue weighted by Crippen LogP contribution is 2.42. The predicted octanol–water partition coefficient (Wildman–Crippen LogP) is 2.76. The van der Waals surface area contributed by atoms with Crippen LogP contribution in [0.4, 0.5) is 0 Å². The Balaban J connectivity index is 1.62. The van der Waals surface area contributed by atoms with Crippen LogP contribution in [0.25, 0.3) is 0 Å². The van der Waals surface area contributed by atoms with Gasteiger partial charge in [0.1, 0.15) is 0 Å². The van der Waals surface area contributed by atoms with Crippen LogP contribution in [-0.2, 0) is 6.42 Å². The van der Waals surface area contributed by atoms with Crippen molar-refractivity contribution in [3.63, 3.8) is 0 Å². The first kappa shape index (κ1) is 15.4. The Morgan fingerprint density at radius 3 is 2.83 bits per heavy atom. The van der Waals surface area contributed by atoms with Crippen molar-refractivity contribution in [2.75, 3.05) is 13.2 Å². The summed E-state index contributed by atoms with van der Waals surface area (Å²) in [4.78, 5) is 19.2. The van der Waals surface area contributed by atoms with Gasteiger partial charge >= 0.3 is 0 Å². The highest BCUT2D eigenvalue weighted by atomic mass is 16.4. The Hall–Kier alpha value is -2.14. The lowest BCUT2D eigenvalue weighted by Crippen LogP contribution is -2.51. The van der Waals surface area contributed by atoms with Crippen molar-refractivity contribution in [1.82, 2.24) is 9.88 Å². The molecule has 0 radical (unpaired) electrons. The summed E-state index contributed by atoms with van der Waals surface area (Å²) in [5.74, 6) is 0.602. The van der Waals surface area contributed by atoms with Gasteiger partial charge in [0.15, 0.2) is 6.39 Å². The lowest BCUT2D eigenvalue weighted by Gasteiger charge is -2.37.